The van der Waals surface area contributed by atoms with Gasteiger partial charge in [0.15, 0.2) is 0 Å². The average Bonchev–Trinajstić information content (AvgIpc) is 3.70. The molecule has 16 heteroatoms. The molecular weight excluding hydrogens is 689 g/mol. The van der Waals surface area contributed by atoms with Gasteiger partial charge in [-0.2, -0.15) is 0 Å². The number of nitrogens with zero attached hydrogens (tertiary/aromatic N) is 4. The maximum Gasteiger partial charge on any atom is 0.494 e. The first-order valence-electron chi connectivity index (χ1n) is 14.3. The third-order valence-electron chi connectivity index (χ3n) is 7.36. The van der Waals surface area contributed by atoms with Crippen LogP contribution in [0.25, 0.3) is 21.1 Å². The number of halogens is 1. The molecule has 2 aromatic heterocycles. The summed E-state index contributed by atoms with van der Waals surface area (Å²) in [5.41, 5.74) is 3.38. The van der Waals surface area contributed by atoms with E-state index in [4.69, 9.17) is 29.4 Å². The van der Waals surface area contributed by atoms with Crippen LogP contribution in [-0.4, -0.2) is 73.0 Å². The van der Waals surface area contributed by atoms with E-state index in [1.54, 1.807) is 59.9 Å². The topological polar surface area (TPSA) is 151 Å². The number of hydrogen-bond acceptors (Lipinski definition) is 12. The molecule has 3 heterocycles. The Morgan fingerprint density at radius 3 is 1.33 bits per heavy atom. The summed E-state index contributed by atoms with van der Waals surface area (Å²) >= 11 is 6.33. The predicted octanol–water partition coefficient (Wildman–Crippen LogP) is 3.13. The van der Waals surface area contributed by atoms with E-state index in [9.17, 15) is 0 Å². The molecule has 238 valence electrons. The Hall–Kier alpha value is -2.79. The zero-order valence-electron chi connectivity index (χ0n) is 26.2. The van der Waals surface area contributed by atoms with Crippen molar-refractivity contribution in [2.24, 2.45) is 0 Å². The van der Waals surface area contributed by atoms with Crippen LogP contribution in [0.2, 0.25) is 0 Å². The Morgan fingerprint density at radius 1 is 0.609 bits per heavy atom. The van der Waals surface area contributed by atoms with Crippen molar-refractivity contribution in [1.82, 2.24) is 20.4 Å². The second-order valence-corrected chi connectivity index (χ2v) is 14.7. The lowest BCUT2D eigenvalue weighted by molar-refractivity contribution is 0.00578. The van der Waals surface area contributed by atoms with Crippen molar-refractivity contribution < 1.29 is 29.4 Å². The van der Waals surface area contributed by atoms with Crippen LogP contribution in [0, 0.1) is 13.8 Å². The molecular formula is C30H34B3BrN4O6S2. The van der Waals surface area contributed by atoms with Crippen molar-refractivity contribution in [3.63, 3.8) is 0 Å². The fourth-order valence-corrected chi connectivity index (χ4v) is 5.68. The van der Waals surface area contributed by atoms with Crippen molar-refractivity contribution in [2.45, 2.75) is 52.7 Å². The van der Waals surface area contributed by atoms with Crippen molar-refractivity contribution in [3.8, 4) is 21.1 Å². The van der Waals surface area contributed by atoms with Gasteiger partial charge >= 0.3 is 21.4 Å². The zero-order chi connectivity index (χ0) is 33.6. The highest BCUT2D eigenvalue weighted by molar-refractivity contribution is 9.10. The highest BCUT2D eigenvalue weighted by atomic mass is 79.9. The predicted molar refractivity (Wildman–Crippen MR) is 190 cm³/mol. The first-order valence-corrected chi connectivity index (χ1v) is 16.7. The number of rotatable bonds is 5. The second-order valence-electron chi connectivity index (χ2n) is 11.4. The van der Waals surface area contributed by atoms with Gasteiger partial charge in [-0.1, -0.05) is 99.3 Å². The van der Waals surface area contributed by atoms with Gasteiger partial charge in [-0.3, -0.25) is 0 Å². The van der Waals surface area contributed by atoms with Crippen molar-refractivity contribution in [3.05, 3.63) is 87.3 Å². The molecule has 0 unspecified atom stereocenters. The largest absolute Gasteiger partial charge is 0.494 e. The summed E-state index contributed by atoms with van der Waals surface area (Å²) in [6.07, 6.45) is 0. The lowest BCUT2D eigenvalue weighted by atomic mass is 9.79. The third kappa shape index (κ3) is 9.40. The number of benzene rings is 3. The van der Waals surface area contributed by atoms with Crippen molar-refractivity contribution >= 4 is 76.3 Å². The third-order valence-corrected chi connectivity index (χ3v) is 9.66. The minimum Gasteiger partial charge on any atom is -0.423 e. The maximum absolute atomic E-state index is 8.92. The Morgan fingerprint density at radius 2 is 0.978 bits per heavy atom. The molecule has 3 aromatic carbocycles. The van der Waals surface area contributed by atoms with Crippen LogP contribution in [0.15, 0.2) is 77.3 Å². The smallest absolute Gasteiger partial charge is 0.423 e. The molecule has 0 bridgehead atoms. The standard InChI is InChI=1S/C15H19BN2O2S.C9H9BN2O2S.C6H6BBrO2/c1-10-17-18-13(21-10)11-6-8-12(9-7-11)16-19-14(2,3)15(4,5)20-16;1-6-11-12-9(15-6)7-2-4-8(5-3-7)10(13)14;8-6-3-1-5(2-4-6)7(9)10/h6-9H,1-5H3;2-5,13-14H,1H3;1-4,9-10H. The monoisotopic (exact) mass is 722 g/mol. The first kappa shape index (κ1) is 36.1. The van der Waals surface area contributed by atoms with Gasteiger partial charge in [-0.25, -0.2) is 0 Å². The lowest BCUT2D eigenvalue weighted by Crippen LogP contribution is -2.41. The Bertz CT molecular complexity index is 1690. The normalized spacial score (nSPS) is 14.5. The highest BCUT2D eigenvalue weighted by Crippen LogP contribution is 2.36. The molecule has 4 N–H and O–H groups in total. The van der Waals surface area contributed by atoms with E-state index < -0.39 is 14.2 Å². The Balaban J connectivity index is 0.000000168. The molecule has 6 rings (SSSR count). The van der Waals surface area contributed by atoms with Gasteiger partial charge in [0.1, 0.15) is 20.0 Å². The van der Waals surface area contributed by atoms with E-state index in [-0.39, 0.29) is 18.3 Å². The minimum atomic E-state index is -1.42. The molecule has 1 aliphatic rings. The van der Waals surface area contributed by atoms with Crippen LogP contribution in [-0.2, 0) is 9.31 Å². The van der Waals surface area contributed by atoms with Crippen molar-refractivity contribution in [2.75, 3.05) is 0 Å². The Kier molecular flexibility index (Phi) is 12.1. The highest BCUT2D eigenvalue weighted by Gasteiger charge is 2.51. The SMILES string of the molecule is Cc1nnc(-c2ccc(B(O)O)cc2)s1.Cc1nnc(-c2ccc(B3OC(C)(C)C(C)(C)O3)cc2)s1.OB(O)c1ccc(Br)cc1. The zero-order valence-corrected chi connectivity index (χ0v) is 29.5. The molecule has 0 saturated carbocycles. The number of aryl methyl sites for hydroxylation is 2. The maximum atomic E-state index is 8.92. The van der Waals surface area contributed by atoms with E-state index in [1.165, 1.54) is 11.3 Å². The minimum absolute atomic E-state index is 0.313. The number of aromatic nitrogens is 4. The summed E-state index contributed by atoms with van der Waals surface area (Å²) in [4.78, 5) is 0. The van der Waals surface area contributed by atoms with E-state index in [0.29, 0.717) is 10.9 Å². The van der Waals surface area contributed by atoms with Gasteiger partial charge in [0.05, 0.1) is 11.2 Å². The molecule has 0 aliphatic carbocycles. The molecule has 0 radical (unpaired) electrons. The van der Waals surface area contributed by atoms with Crippen LogP contribution < -0.4 is 16.4 Å². The van der Waals surface area contributed by atoms with Crippen LogP contribution in [0.1, 0.15) is 37.7 Å². The van der Waals surface area contributed by atoms with E-state index in [1.807, 2.05) is 38.1 Å². The van der Waals surface area contributed by atoms with Gasteiger partial charge < -0.3 is 29.4 Å². The summed E-state index contributed by atoms with van der Waals surface area (Å²) in [5.74, 6) is 0. The van der Waals surface area contributed by atoms with E-state index in [0.717, 1.165) is 41.1 Å². The van der Waals surface area contributed by atoms with Crippen LogP contribution in [0.3, 0.4) is 0 Å². The van der Waals surface area contributed by atoms with Crippen LogP contribution in [0.5, 0.6) is 0 Å². The summed E-state index contributed by atoms with van der Waals surface area (Å²) < 4.78 is 13.0. The molecule has 0 spiro atoms. The summed E-state index contributed by atoms with van der Waals surface area (Å²) in [5, 5.41) is 55.0. The fraction of sp³-hybridized carbons (Fsp3) is 0.267. The summed E-state index contributed by atoms with van der Waals surface area (Å²) in [6, 6.07) is 21.9. The fourth-order valence-electron chi connectivity index (χ4n) is 4.02. The molecule has 1 fully saturated rings. The quantitative estimate of drug-likeness (QED) is 0.199. The number of hydrogen-bond donors (Lipinski definition) is 4. The van der Waals surface area contributed by atoms with Gasteiger partial charge in [-0.15, -0.1) is 20.4 Å². The molecule has 0 amide bonds. The summed E-state index contributed by atoms with van der Waals surface area (Å²) in [7, 11) is -3.11. The molecule has 1 saturated heterocycles. The van der Waals surface area contributed by atoms with Crippen molar-refractivity contribution in [1.29, 1.82) is 0 Å². The van der Waals surface area contributed by atoms with Crippen LogP contribution >= 0.6 is 38.6 Å². The molecule has 1 aliphatic heterocycles. The van der Waals surface area contributed by atoms with Gasteiger partial charge in [0.25, 0.3) is 0 Å². The van der Waals surface area contributed by atoms with Gasteiger partial charge in [0, 0.05) is 15.6 Å². The Labute approximate surface area is 286 Å². The van der Waals surface area contributed by atoms with Gasteiger partial charge in [0.2, 0.25) is 0 Å². The lowest BCUT2D eigenvalue weighted by Gasteiger charge is -2.32. The molecule has 5 aromatic rings. The first-order chi connectivity index (χ1) is 21.6. The molecule has 10 nitrogen and oxygen atoms in total. The van der Waals surface area contributed by atoms with E-state index in [2.05, 4.69) is 64.0 Å². The van der Waals surface area contributed by atoms with Crippen LogP contribution in [0.4, 0.5) is 0 Å². The average molecular weight is 723 g/mol. The molecule has 0 atom stereocenters. The second kappa shape index (κ2) is 15.4. The van der Waals surface area contributed by atoms with Gasteiger partial charge in [-0.05, 0) is 70.1 Å². The molecule has 46 heavy (non-hydrogen) atoms. The van der Waals surface area contributed by atoms with E-state index >= 15 is 0 Å². The summed E-state index contributed by atoms with van der Waals surface area (Å²) in [6.45, 7) is 12.1.